The lowest BCUT2D eigenvalue weighted by molar-refractivity contribution is 0.508. The van der Waals surface area contributed by atoms with Crippen LogP contribution in [0.15, 0.2) is 0 Å². The standard InChI is InChI=1S/C12H39N3OSi5/c1-17(2,3)13-21(14-18(4,5)6,15-19(7,8)9)16-20(10,11)12/h13-15H,1-12H3. The summed E-state index contributed by atoms with van der Waals surface area (Å²) in [5, 5.41) is 0. The Labute approximate surface area is 138 Å². The highest BCUT2D eigenvalue weighted by Gasteiger charge is 2.48. The van der Waals surface area contributed by atoms with Crippen molar-refractivity contribution < 1.29 is 4.12 Å². The van der Waals surface area contributed by atoms with Gasteiger partial charge in [0.05, 0.1) is 0 Å². The molecule has 0 amide bonds. The minimum atomic E-state index is -2.34. The van der Waals surface area contributed by atoms with Gasteiger partial charge in [-0.05, 0) is 19.6 Å². The molecular weight excluding hydrogens is 343 g/mol. The molecule has 0 saturated carbocycles. The second-order valence-corrected chi connectivity index (χ2v) is 32.9. The van der Waals surface area contributed by atoms with Gasteiger partial charge < -0.3 is 18.1 Å². The van der Waals surface area contributed by atoms with Gasteiger partial charge in [0.15, 0.2) is 8.32 Å². The zero-order valence-electron chi connectivity index (χ0n) is 16.4. The smallest absolute Gasteiger partial charge is 0.409 e. The van der Waals surface area contributed by atoms with Gasteiger partial charge in [0.25, 0.3) is 0 Å². The molecule has 0 aromatic carbocycles. The van der Waals surface area contributed by atoms with Crippen molar-refractivity contribution in [2.45, 2.75) is 78.6 Å². The van der Waals surface area contributed by atoms with E-state index in [2.05, 4.69) is 92.5 Å². The summed E-state index contributed by atoms with van der Waals surface area (Å²) >= 11 is 0. The fraction of sp³-hybridized carbons (Fsp3) is 1.00. The molecule has 0 heterocycles. The molecule has 0 atom stereocenters. The number of hydrogen-bond donors (Lipinski definition) is 3. The summed E-state index contributed by atoms with van der Waals surface area (Å²) in [5.41, 5.74) is 0. The van der Waals surface area contributed by atoms with Crippen LogP contribution in [0, 0.1) is 0 Å². The van der Waals surface area contributed by atoms with Gasteiger partial charge in [-0.1, -0.05) is 58.9 Å². The van der Waals surface area contributed by atoms with Crippen LogP contribution in [0.3, 0.4) is 0 Å². The van der Waals surface area contributed by atoms with Crippen LogP contribution < -0.4 is 13.9 Å². The van der Waals surface area contributed by atoms with E-state index in [0.29, 0.717) is 0 Å². The molecule has 0 saturated heterocycles. The predicted molar refractivity (Wildman–Crippen MR) is 110 cm³/mol. The van der Waals surface area contributed by atoms with Crippen molar-refractivity contribution in [2.24, 2.45) is 0 Å². The molecule has 0 aromatic rings. The summed E-state index contributed by atoms with van der Waals surface area (Å²) in [4.78, 5) is 0. The maximum atomic E-state index is 6.80. The number of rotatable bonds is 8. The molecule has 0 unspecified atom stereocenters. The van der Waals surface area contributed by atoms with Crippen molar-refractivity contribution in [3.8, 4) is 0 Å². The summed E-state index contributed by atoms with van der Waals surface area (Å²) in [6.45, 7) is 28.1. The normalized spacial score (nSPS) is 15.4. The van der Waals surface area contributed by atoms with Gasteiger partial charge in [0.2, 0.25) is 0 Å². The highest BCUT2D eigenvalue weighted by atomic mass is 28.5. The van der Waals surface area contributed by atoms with Crippen LogP contribution in [0.5, 0.6) is 0 Å². The Kier molecular flexibility index (Phi) is 7.11. The van der Waals surface area contributed by atoms with Crippen molar-refractivity contribution in [1.29, 1.82) is 0 Å². The highest BCUT2D eigenvalue weighted by Crippen LogP contribution is 2.15. The molecular formula is C12H39N3OSi5. The van der Waals surface area contributed by atoms with Gasteiger partial charge in [-0.15, -0.1) is 0 Å². The van der Waals surface area contributed by atoms with Crippen molar-refractivity contribution in [3.05, 3.63) is 0 Å². The number of hydrogen-bond acceptors (Lipinski definition) is 4. The fourth-order valence-corrected chi connectivity index (χ4v) is 23.0. The first-order chi connectivity index (χ1) is 8.83. The SMILES string of the molecule is C[Si](C)(C)N[Si](N[Si](C)(C)C)(N[Si](C)(C)C)O[Si](C)(C)C. The van der Waals surface area contributed by atoms with Crippen molar-refractivity contribution in [3.63, 3.8) is 0 Å². The zero-order valence-corrected chi connectivity index (χ0v) is 21.4. The van der Waals surface area contributed by atoms with Crippen LogP contribution in [0.25, 0.3) is 0 Å². The van der Waals surface area contributed by atoms with Crippen molar-refractivity contribution >= 4 is 41.8 Å². The third-order valence-corrected chi connectivity index (χ3v) is 19.0. The van der Waals surface area contributed by atoms with E-state index >= 15 is 0 Å². The Morgan fingerprint density at radius 1 is 0.476 bits per heavy atom. The lowest BCUT2D eigenvalue weighted by Gasteiger charge is -2.47. The predicted octanol–water partition coefficient (Wildman–Crippen LogP) is 3.55. The topological polar surface area (TPSA) is 45.3 Å². The first kappa shape index (κ1) is 21.9. The van der Waals surface area contributed by atoms with Gasteiger partial charge in [-0.2, -0.15) is 0 Å². The molecule has 0 bridgehead atoms. The van der Waals surface area contributed by atoms with Crippen LogP contribution in [-0.2, 0) is 4.12 Å². The lowest BCUT2D eigenvalue weighted by atomic mass is 11.8. The molecule has 9 heteroatoms. The van der Waals surface area contributed by atoms with Crippen molar-refractivity contribution in [1.82, 2.24) is 13.9 Å². The van der Waals surface area contributed by atoms with E-state index in [1.54, 1.807) is 0 Å². The molecule has 128 valence electrons. The lowest BCUT2D eigenvalue weighted by Crippen LogP contribution is -2.86. The van der Waals surface area contributed by atoms with E-state index in [1.807, 2.05) is 0 Å². The van der Waals surface area contributed by atoms with Gasteiger partial charge in [0.1, 0.15) is 24.7 Å². The summed E-state index contributed by atoms with van der Waals surface area (Å²) in [5.74, 6) is 0. The Hall–Kier alpha value is 0.924. The molecule has 4 nitrogen and oxygen atoms in total. The molecule has 0 aliphatic carbocycles. The van der Waals surface area contributed by atoms with Gasteiger partial charge in [0, 0.05) is 0 Å². The minimum Gasteiger partial charge on any atom is -0.423 e. The minimum absolute atomic E-state index is 1.46. The molecule has 0 aromatic heterocycles. The molecule has 0 aliphatic rings. The molecule has 3 N–H and O–H groups in total. The van der Waals surface area contributed by atoms with Gasteiger partial charge in [-0.3, -0.25) is 0 Å². The fourth-order valence-electron chi connectivity index (χ4n) is 2.21. The number of nitrogens with one attached hydrogen (secondary N) is 3. The second kappa shape index (κ2) is 6.81. The maximum Gasteiger partial charge on any atom is 0.409 e. The summed E-state index contributed by atoms with van der Waals surface area (Å²) in [7, 11) is -8.38. The van der Waals surface area contributed by atoms with E-state index in [9.17, 15) is 0 Å². The van der Waals surface area contributed by atoms with E-state index in [1.165, 1.54) is 0 Å². The highest BCUT2D eigenvalue weighted by molar-refractivity contribution is 7.01. The van der Waals surface area contributed by atoms with Crippen molar-refractivity contribution in [2.75, 3.05) is 0 Å². The second-order valence-electron chi connectivity index (χ2n) is 10.0. The summed E-state index contributed by atoms with van der Waals surface area (Å²) in [6.07, 6.45) is 0. The Morgan fingerprint density at radius 2 is 0.714 bits per heavy atom. The van der Waals surface area contributed by atoms with Crippen LogP contribution in [0.4, 0.5) is 0 Å². The Balaban J connectivity index is 5.70. The monoisotopic (exact) mass is 381 g/mol. The third kappa shape index (κ3) is 12.1. The molecule has 0 rings (SSSR count). The van der Waals surface area contributed by atoms with Crippen LogP contribution in [-0.4, -0.2) is 41.8 Å². The average Bonchev–Trinajstić information content (AvgIpc) is 1.83. The van der Waals surface area contributed by atoms with E-state index < -0.39 is 41.8 Å². The van der Waals surface area contributed by atoms with Gasteiger partial charge in [-0.25, -0.2) is 0 Å². The average molecular weight is 382 g/mol. The largest absolute Gasteiger partial charge is 0.423 e. The van der Waals surface area contributed by atoms with Gasteiger partial charge >= 0.3 is 8.80 Å². The molecule has 0 fully saturated rings. The van der Waals surface area contributed by atoms with Crippen LogP contribution >= 0.6 is 0 Å². The maximum absolute atomic E-state index is 6.80. The molecule has 0 spiro atoms. The van der Waals surface area contributed by atoms with Crippen LogP contribution in [0.1, 0.15) is 0 Å². The molecule has 0 radical (unpaired) electrons. The quantitative estimate of drug-likeness (QED) is 0.563. The van der Waals surface area contributed by atoms with E-state index in [-0.39, 0.29) is 0 Å². The molecule has 21 heavy (non-hydrogen) atoms. The molecule has 0 aliphatic heterocycles. The summed E-state index contributed by atoms with van der Waals surface area (Å²) < 4.78 is 18.7. The first-order valence-electron chi connectivity index (χ1n) is 7.91. The van der Waals surface area contributed by atoms with Crippen LogP contribution in [0.2, 0.25) is 78.6 Å². The third-order valence-electron chi connectivity index (χ3n) is 2.11. The Morgan fingerprint density at radius 3 is 0.857 bits per heavy atom. The van der Waals surface area contributed by atoms with E-state index in [4.69, 9.17) is 4.12 Å². The Bertz CT molecular complexity index is 269. The zero-order chi connectivity index (χ0) is 17.3. The summed E-state index contributed by atoms with van der Waals surface area (Å²) in [6, 6.07) is 0. The first-order valence-corrected chi connectivity index (χ1v) is 23.7. The van der Waals surface area contributed by atoms with E-state index in [0.717, 1.165) is 0 Å².